The zero-order valence-corrected chi connectivity index (χ0v) is 12.3. The fourth-order valence-corrected chi connectivity index (χ4v) is 2.15. The molecule has 0 radical (unpaired) electrons. The summed E-state index contributed by atoms with van der Waals surface area (Å²) in [5.74, 6) is 0.743. The van der Waals surface area contributed by atoms with E-state index in [1.807, 2.05) is 56.3 Å². The molecule has 1 aliphatic heterocycles. The summed E-state index contributed by atoms with van der Waals surface area (Å²) in [6, 6.07) is 13.3. The molecule has 2 aromatic carbocycles. The standard InChI is InChI=1S/C18H18O3/c1-12-3-6-14(7-4-12)18(19)17-9-15(8-5-13(17)2)20-10-16-11-21-16/h3-9,16H,10-11H2,1-2H3. The van der Waals surface area contributed by atoms with Crippen LogP contribution in [0.2, 0.25) is 0 Å². The second-order valence-corrected chi connectivity index (χ2v) is 5.44. The van der Waals surface area contributed by atoms with Crippen molar-refractivity contribution >= 4 is 5.78 Å². The van der Waals surface area contributed by atoms with E-state index in [0.717, 1.165) is 17.7 Å². The van der Waals surface area contributed by atoms with Crippen molar-refractivity contribution in [3.63, 3.8) is 0 Å². The Hall–Kier alpha value is -2.13. The molecule has 0 bridgehead atoms. The van der Waals surface area contributed by atoms with Gasteiger partial charge in [0.15, 0.2) is 5.78 Å². The number of hydrogen-bond donors (Lipinski definition) is 0. The number of benzene rings is 2. The molecule has 2 aromatic rings. The van der Waals surface area contributed by atoms with E-state index in [9.17, 15) is 4.79 Å². The molecule has 0 N–H and O–H groups in total. The van der Waals surface area contributed by atoms with Gasteiger partial charge < -0.3 is 9.47 Å². The zero-order valence-electron chi connectivity index (χ0n) is 12.3. The van der Waals surface area contributed by atoms with Gasteiger partial charge in [0.05, 0.1) is 6.61 Å². The fraction of sp³-hybridized carbons (Fsp3) is 0.278. The fourth-order valence-electron chi connectivity index (χ4n) is 2.15. The number of carbonyl (C=O) groups excluding carboxylic acids is 1. The van der Waals surface area contributed by atoms with E-state index in [1.54, 1.807) is 0 Å². The lowest BCUT2D eigenvalue weighted by Crippen LogP contribution is -2.07. The van der Waals surface area contributed by atoms with Gasteiger partial charge in [0.25, 0.3) is 0 Å². The van der Waals surface area contributed by atoms with Crippen LogP contribution in [0, 0.1) is 13.8 Å². The Morgan fingerprint density at radius 1 is 1.19 bits per heavy atom. The summed E-state index contributed by atoms with van der Waals surface area (Å²) in [5, 5.41) is 0. The molecule has 0 saturated carbocycles. The molecule has 1 unspecified atom stereocenters. The van der Waals surface area contributed by atoms with Crippen molar-refractivity contribution in [2.45, 2.75) is 20.0 Å². The topological polar surface area (TPSA) is 38.8 Å². The molecule has 1 aliphatic rings. The van der Waals surface area contributed by atoms with Crippen molar-refractivity contribution in [1.82, 2.24) is 0 Å². The smallest absolute Gasteiger partial charge is 0.193 e. The lowest BCUT2D eigenvalue weighted by molar-refractivity contribution is 0.103. The highest BCUT2D eigenvalue weighted by atomic mass is 16.6. The number of ether oxygens (including phenoxy) is 2. The largest absolute Gasteiger partial charge is 0.491 e. The molecule has 0 aliphatic carbocycles. The molecule has 21 heavy (non-hydrogen) atoms. The zero-order chi connectivity index (χ0) is 14.8. The van der Waals surface area contributed by atoms with Crippen molar-refractivity contribution < 1.29 is 14.3 Å². The normalized spacial score (nSPS) is 16.6. The van der Waals surface area contributed by atoms with Crippen LogP contribution < -0.4 is 4.74 Å². The lowest BCUT2D eigenvalue weighted by atomic mass is 9.98. The Morgan fingerprint density at radius 2 is 1.90 bits per heavy atom. The third-order valence-corrected chi connectivity index (χ3v) is 3.61. The first-order chi connectivity index (χ1) is 10.1. The minimum absolute atomic E-state index is 0.0284. The molecule has 108 valence electrons. The molecule has 1 atom stereocenters. The highest BCUT2D eigenvalue weighted by Gasteiger charge is 2.23. The Balaban J connectivity index is 1.83. The maximum absolute atomic E-state index is 12.6. The maximum atomic E-state index is 12.6. The number of rotatable bonds is 5. The predicted molar refractivity (Wildman–Crippen MR) is 81.0 cm³/mol. The van der Waals surface area contributed by atoms with Gasteiger partial charge >= 0.3 is 0 Å². The van der Waals surface area contributed by atoms with Crippen molar-refractivity contribution in [1.29, 1.82) is 0 Å². The van der Waals surface area contributed by atoms with Crippen LogP contribution in [0.3, 0.4) is 0 Å². The predicted octanol–water partition coefficient (Wildman–Crippen LogP) is 3.31. The van der Waals surface area contributed by atoms with Crippen LogP contribution in [0.4, 0.5) is 0 Å². The first kappa shape index (κ1) is 13.8. The number of aryl methyl sites for hydroxylation is 2. The van der Waals surface area contributed by atoms with E-state index in [4.69, 9.17) is 9.47 Å². The molecular formula is C18H18O3. The molecule has 0 spiro atoms. The van der Waals surface area contributed by atoms with Crippen LogP contribution in [0.1, 0.15) is 27.0 Å². The first-order valence-electron chi connectivity index (χ1n) is 7.10. The third kappa shape index (κ3) is 3.31. The van der Waals surface area contributed by atoms with Crippen LogP contribution >= 0.6 is 0 Å². The van der Waals surface area contributed by atoms with Gasteiger partial charge in [0, 0.05) is 11.1 Å². The second-order valence-electron chi connectivity index (χ2n) is 5.44. The average Bonchev–Trinajstić information content (AvgIpc) is 3.31. The summed E-state index contributed by atoms with van der Waals surface area (Å²) >= 11 is 0. The Bertz CT molecular complexity index is 655. The summed E-state index contributed by atoms with van der Waals surface area (Å²) in [6.45, 7) is 5.26. The highest BCUT2D eigenvalue weighted by molar-refractivity contribution is 6.10. The van der Waals surface area contributed by atoms with Crippen molar-refractivity contribution in [3.05, 3.63) is 64.7 Å². The van der Waals surface area contributed by atoms with Gasteiger partial charge in [-0.3, -0.25) is 4.79 Å². The minimum Gasteiger partial charge on any atom is -0.491 e. The van der Waals surface area contributed by atoms with E-state index in [1.165, 1.54) is 0 Å². The average molecular weight is 282 g/mol. The Labute approximate surface area is 124 Å². The molecule has 1 saturated heterocycles. The summed E-state index contributed by atoms with van der Waals surface area (Å²) in [4.78, 5) is 12.6. The van der Waals surface area contributed by atoms with E-state index >= 15 is 0 Å². The van der Waals surface area contributed by atoms with Crippen LogP contribution in [-0.4, -0.2) is 25.1 Å². The molecular weight excluding hydrogens is 264 g/mol. The van der Waals surface area contributed by atoms with Crippen LogP contribution in [0.25, 0.3) is 0 Å². The quantitative estimate of drug-likeness (QED) is 0.624. The Kier molecular flexibility index (Phi) is 3.76. The molecule has 3 nitrogen and oxygen atoms in total. The summed E-state index contributed by atoms with van der Waals surface area (Å²) < 4.78 is 10.8. The number of epoxide rings is 1. The van der Waals surface area contributed by atoms with E-state index in [0.29, 0.717) is 23.5 Å². The SMILES string of the molecule is Cc1ccc(C(=O)c2cc(OCC3CO3)ccc2C)cc1. The number of hydrogen-bond acceptors (Lipinski definition) is 3. The molecule has 1 fully saturated rings. The monoisotopic (exact) mass is 282 g/mol. The van der Waals surface area contributed by atoms with E-state index in [2.05, 4.69) is 0 Å². The van der Waals surface area contributed by atoms with Crippen molar-refractivity contribution in [3.8, 4) is 5.75 Å². The maximum Gasteiger partial charge on any atom is 0.193 e. The van der Waals surface area contributed by atoms with E-state index in [-0.39, 0.29) is 11.9 Å². The van der Waals surface area contributed by atoms with Crippen LogP contribution in [0.15, 0.2) is 42.5 Å². The second kappa shape index (κ2) is 5.70. The minimum atomic E-state index is 0.0284. The first-order valence-corrected chi connectivity index (χ1v) is 7.10. The number of carbonyl (C=O) groups is 1. The third-order valence-electron chi connectivity index (χ3n) is 3.61. The summed E-state index contributed by atoms with van der Waals surface area (Å²) in [6.07, 6.45) is 0.211. The van der Waals surface area contributed by atoms with Gasteiger partial charge in [-0.1, -0.05) is 35.9 Å². The summed E-state index contributed by atoms with van der Waals surface area (Å²) in [5.41, 5.74) is 3.49. The highest BCUT2D eigenvalue weighted by Crippen LogP contribution is 2.22. The lowest BCUT2D eigenvalue weighted by Gasteiger charge is -2.09. The van der Waals surface area contributed by atoms with Crippen LogP contribution in [0.5, 0.6) is 5.75 Å². The van der Waals surface area contributed by atoms with Gasteiger partial charge in [-0.25, -0.2) is 0 Å². The van der Waals surface area contributed by atoms with Crippen molar-refractivity contribution in [2.24, 2.45) is 0 Å². The van der Waals surface area contributed by atoms with Gasteiger partial charge in [0.1, 0.15) is 18.5 Å². The molecule has 0 amide bonds. The van der Waals surface area contributed by atoms with Gasteiger partial charge in [-0.15, -0.1) is 0 Å². The van der Waals surface area contributed by atoms with Crippen LogP contribution in [-0.2, 0) is 4.74 Å². The Morgan fingerprint density at radius 3 is 2.57 bits per heavy atom. The van der Waals surface area contributed by atoms with Gasteiger partial charge in [-0.2, -0.15) is 0 Å². The summed E-state index contributed by atoms with van der Waals surface area (Å²) in [7, 11) is 0. The van der Waals surface area contributed by atoms with E-state index < -0.39 is 0 Å². The number of ketones is 1. The molecule has 3 heteroatoms. The molecule has 3 rings (SSSR count). The van der Waals surface area contributed by atoms with Gasteiger partial charge in [0.2, 0.25) is 0 Å². The molecule has 0 aromatic heterocycles. The van der Waals surface area contributed by atoms with Crippen molar-refractivity contribution in [2.75, 3.05) is 13.2 Å². The van der Waals surface area contributed by atoms with Gasteiger partial charge in [-0.05, 0) is 31.5 Å². The molecule has 1 heterocycles.